The van der Waals surface area contributed by atoms with Crippen molar-refractivity contribution >= 4 is 22.5 Å². The summed E-state index contributed by atoms with van der Waals surface area (Å²) in [5.41, 5.74) is 8.12. The lowest BCUT2D eigenvalue weighted by atomic mass is 10.1. The Bertz CT molecular complexity index is 739. The molecule has 0 aliphatic carbocycles. The van der Waals surface area contributed by atoms with Crippen molar-refractivity contribution in [1.29, 1.82) is 0 Å². The zero-order chi connectivity index (χ0) is 23.1. The van der Waals surface area contributed by atoms with E-state index in [0.29, 0.717) is 12.4 Å². The first kappa shape index (κ1) is 25.5. The van der Waals surface area contributed by atoms with Crippen LogP contribution in [0.5, 0.6) is 0 Å². The summed E-state index contributed by atoms with van der Waals surface area (Å²) in [5, 5.41) is 0.298. The van der Waals surface area contributed by atoms with E-state index in [2.05, 4.69) is 72.7 Å². The van der Waals surface area contributed by atoms with Gasteiger partial charge in [0.2, 0.25) is 0 Å². The topological polar surface area (TPSA) is 66.6 Å². The number of pyridine rings is 1. The highest BCUT2D eigenvalue weighted by molar-refractivity contribution is 6.74. The molecule has 1 aliphatic rings. The first-order chi connectivity index (χ1) is 13.4. The fraction of sp³-hybridized carbons (Fsp3) is 0.783. The van der Waals surface area contributed by atoms with Crippen molar-refractivity contribution in [2.75, 3.05) is 12.3 Å². The minimum atomic E-state index is -1.95. The number of nitrogens with zero attached hydrogens (tertiary/aromatic N) is 1. The molecule has 2 rings (SSSR count). The molecule has 172 valence electrons. The van der Waals surface area contributed by atoms with Crippen molar-refractivity contribution in [3.05, 3.63) is 23.4 Å². The number of aromatic nitrogens is 1. The van der Waals surface area contributed by atoms with Crippen LogP contribution in [0, 0.1) is 6.92 Å². The van der Waals surface area contributed by atoms with Gasteiger partial charge in [-0.1, -0.05) is 47.6 Å². The molecule has 5 nitrogen and oxygen atoms in total. The van der Waals surface area contributed by atoms with E-state index >= 15 is 0 Å². The molecule has 0 radical (unpaired) electrons. The predicted octanol–water partition coefficient (Wildman–Crippen LogP) is 6.21. The number of anilines is 1. The number of hydrogen-bond acceptors (Lipinski definition) is 5. The molecule has 0 amide bonds. The molecule has 7 heteroatoms. The minimum absolute atomic E-state index is 0.00126. The molecular weight excluding hydrogens is 408 g/mol. The number of hydrogen-bond donors (Lipinski definition) is 1. The first-order valence-corrected chi connectivity index (χ1v) is 17.0. The Hall–Kier alpha value is -0.736. The Balaban J connectivity index is 2.26. The third kappa shape index (κ3) is 5.74. The Morgan fingerprint density at radius 1 is 1.03 bits per heavy atom. The molecule has 2 N–H and O–H groups in total. The Kier molecular flexibility index (Phi) is 7.36. The Morgan fingerprint density at radius 3 is 2.10 bits per heavy atom. The van der Waals surface area contributed by atoms with Gasteiger partial charge in [-0.2, -0.15) is 0 Å². The average molecular weight is 453 g/mol. The monoisotopic (exact) mass is 452 g/mol. The summed E-state index contributed by atoms with van der Waals surface area (Å²) in [6, 6.07) is 4.04. The van der Waals surface area contributed by atoms with E-state index in [1.165, 1.54) is 0 Å². The standard InChI is InChI=1S/C23H44N2O3Si2/c1-16-12-13-17(21(24)25-16)18-14-19(28-30(10,11)23(5,6)7)20(27-18)15-26-29(8,9)22(2,3)4/h12-13,18-20H,14-15H2,1-11H3,(H2,24,25)/t18-,19+,20-/m1/s1. The van der Waals surface area contributed by atoms with E-state index in [-0.39, 0.29) is 28.4 Å². The lowest BCUT2D eigenvalue weighted by molar-refractivity contribution is -0.0163. The van der Waals surface area contributed by atoms with Crippen molar-refractivity contribution in [3.8, 4) is 0 Å². The van der Waals surface area contributed by atoms with Gasteiger partial charge in [-0.15, -0.1) is 0 Å². The number of aryl methyl sites for hydroxylation is 1. The van der Waals surface area contributed by atoms with E-state index in [9.17, 15) is 0 Å². The summed E-state index contributed by atoms with van der Waals surface area (Å²) in [4.78, 5) is 4.44. The summed E-state index contributed by atoms with van der Waals surface area (Å²) in [5.74, 6) is 0.553. The van der Waals surface area contributed by atoms with Crippen molar-refractivity contribution in [2.45, 2.75) is 109 Å². The van der Waals surface area contributed by atoms with Crippen molar-refractivity contribution in [2.24, 2.45) is 0 Å². The Labute approximate surface area is 186 Å². The van der Waals surface area contributed by atoms with Gasteiger partial charge in [0.15, 0.2) is 16.6 Å². The molecule has 1 aromatic heterocycles. The maximum Gasteiger partial charge on any atom is 0.192 e. The van der Waals surface area contributed by atoms with Crippen molar-refractivity contribution in [3.63, 3.8) is 0 Å². The molecule has 30 heavy (non-hydrogen) atoms. The normalized spacial score (nSPS) is 23.8. The molecule has 0 saturated carbocycles. The molecule has 2 heterocycles. The minimum Gasteiger partial charge on any atom is -0.414 e. The third-order valence-electron chi connectivity index (χ3n) is 7.31. The highest BCUT2D eigenvalue weighted by Crippen LogP contribution is 2.44. The summed E-state index contributed by atoms with van der Waals surface area (Å²) in [6.07, 6.45) is 0.577. The van der Waals surface area contributed by atoms with Crippen LogP contribution in [-0.4, -0.2) is 40.4 Å². The number of nitrogens with two attached hydrogens (primary N) is 1. The summed E-state index contributed by atoms with van der Waals surface area (Å²) >= 11 is 0. The summed E-state index contributed by atoms with van der Waals surface area (Å²) in [6.45, 7) is 25.3. The Morgan fingerprint density at radius 2 is 1.60 bits per heavy atom. The van der Waals surface area contributed by atoms with E-state index < -0.39 is 16.6 Å². The maximum atomic E-state index is 6.83. The zero-order valence-corrected chi connectivity index (χ0v) is 23.1. The van der Waals surface area contributed by atoms with Crippen LogP contribution < -0.4 is 5.73 Å². The number of nitrogen functional groups attached to an aromatic ring is 1. The van der Waals surface area contributed by atoms with Gasteiger partial charge in [0, 0.05) is 17.7 Å². The summed E-state index contributed by atoms with van der Waals surface area (Å²) < 4.78 is 19.9. The maximum absolute atomic E-state index is 6.83. The number of ether oxygens (including phenoxy) is 1. The van der Waals surface area contributed by atoms with Crippen LogP contribution in [0.1, 0.15) is 65.3 Å². The van der Waals surface area contributed by atoms with E-state index in [4.69, 9.17) is 19.3 Å². The molecule has 0 aromatic carbocycles. The fourth-order valence-corrected chi connectivity index (χ4v) is 5.48. The highest BCUT2D eigenvalue weighted by Gasteiger charge is 2.46. The van der Waals surface area contributed by atoms with Gasteiger partial charge >= 0.3 is 0 Å². The van der Waals surface area contributed by atoms with E-state index in [0.717, 1.165) is 17.7 Å². The van der Waals surface area contributed by atoms with Crippen LogP contribution in [-0.2, 0) is 13.6 Å². The van der Waals surface area contributed by atoms with Crippen LogP contribution in [0.4, 0.5) is 5.82 Å². The third-order valence-corrected chi connectivity index (χ3v) is 16.3. The molecule has 0 unspecified atom stereocenters. The lowest BCUT2D eigenvalue weighted by Crippen LogP contribution is -2.48. The van der Waals surface area contributed by atoms with Gasteiger partial charge in [0.05, 0.1) is 18.8 Å². The van der Waals surface area contributed by atoms with Gasteiger partial charge in [-0.25, -0.2) is 4.98 Å². The number of rotatable bonds is 6. The summed E-state index contributed by atoms with van der Waals surface area (Å²) in [7, 11) is -3.83. The molecular formula is C23H44N2O3Si2. The molecule has 1 fully saturated rings. The molecule has 1 aromatic rings. The highest BCUT2D eigenvalue weighted by atomic mass is 28.4. The largest absolute Gasteiger partial charge is 0.414 e. The van der Waals surface area contributed by atoms with E-state index in [1.807, 2.05) is 19.1 Å². The molecule has 1 saturated heterocycles. The molecule has 1 aliphatic heterocycles. The smallest absolute Gasteiger partial charge is 0.192 e. The van der Waals surface area contributed by atoms with Crippen LogP contribution in [0.2, 0.25) is 36.3 Å². The van der Waals surface area contributed by atoms with Crippen LogP contribution >= 0.6 is 0 Å². The van der Waals surface area contributed by atoms with Gasteiger partial charge in [0.25, 0.3) is 0 Å². The van der Waals surface area contributed by atoms with Crippen LogP contribution in [0.3, 0.4) is 0 Å². The zero-order valence-electron chi connectivity index (χ0n) is 21.1. The van der Waals surface area contributed by atoms with Crippen molar-refractivity contribution in [1.82, 2.24) is 4.98 Å². The second-order valence-electron chi connectivity index (χ2n) is 11.8. The van der Waals surface area contributed by atoms with Gasteiger partial charge < -0.3 is 19.3 Å². The molecule has 0 bridgehead atoms. The van der Waals surface area contributed by atoms with E-state index in [1.54, 1.807) is 0 Å². The predicted molar refractivity (Wildman–Crippen MR) is 131 cm³/mol. The lowest BCUT2D eigenvalue weighted by Gasteiger charge is -2.40. The molecule has 3 atom stereocenters. The van der Waals surface area contributed by atoms with Crippen molar-refractivity contribution < 1.29 is 13.6 Å². The van der Waals surface area contributed by atoms with Gasteiger partial charge in [-0.3, -0.25) is 0 Å². The SMILES string of the molecule is Cc1ccc([C@H]2C[C@H](O[Si](C)(C)C(C)(C)C)[C@@H](CO[Si](C)(C)C(C)(C)C)O2)c(N)n1. The molecule has 0 spiro atoms. The van der Waals surface area contributed by atoms with Crippen LogP contribution in [0.15, 0.2) is 12.1 Å². The quantitative estimate of drug-likeness (QED) is 0.519. The second kappa shape index (κ2) is 8.66. The first-order valence-electron chi connectivity index (χ1n) is 11.1. The van der Waals surface area contributed by atoms with Crippen LogP contribution in [0.25, 0.3) is 0 Å². The van der Waals surface area contributed by atoms with Gasteiger partial charge in [0.1, 0.15) is 11.9 Å². The average Bonchev–Trinajstić information content (AvgIpc) is 2.92. The second-order valence-corrected chi connectivity index (χ2v) is 21.4. The fourth-order valence-electron chi connectivity index (χ4n) is 3.11. The van der Waals surface area contributed by atoms with Gasteiger partial charge in [-0.05, 0) is 49.3 Å².